The molecule has 0 fully saturated rings. The predicted octanol–water partition coefficient (Wildman–Crippen LogP) is 48.0. The van der Waals surface area contributed by atoms with Gasteiger partial charge in [0.1, 0.15) is 0 Å². The third kappa shape index (κ3) is 82.9. The summed E-state index contributed by atoms with van der Waals surface area (Å²) in [6.07, 6.45) is 145. The summed E-state index contributed by atoms with van der Waals surface area (Å²) in [6.45, 7) is 13.9. The average molecular weight is 1960 g/mol. The number of benzene rings is 2. The molecule has 1 aliphatic heterocycles. The zero-order valence-corrected chi connectivity index (χ0v) is 95.6. The summed E-state index contributed by atoms with van der Waals surface area (Å²) in [5, 5.41) is 0. The second-order valence-electron chi connectivity index (χ2n) is 44.5. The fraction of sp³-hybridized carbons (Fsp3) is 0.824. The summed E-state index contributed by atoms with van der Waals surface area (Å²) >= 11 is 0. The van der Waals surface area contributed by atoms with Gasteiger partial charge in [0.25, 0.3) is 0 Å². The van der Waals surface area contributed by atoms with Crippen molar-refractivity contribution in [1.29, 1.82) is 0 Å². The predicted molar refractivity (Wildman–Crippen MR) is 624 cm³/mol. The van der Waals surface area contributed by atoms with Crippen LogP contribution in [0.1, 0.15) is 758 Å². The van der Waals surface area contributed by atoms with Crippen LogP contribution in [-0.4, -0.2) is 4.70 Å². The molecule has 0 atom stereocenters. The minimum absolute atomic E-state index is 0. The van der Waals surface area contributed by atoms with Crippen LogP contribution in [0.2, 0.25) is 0 Å². The van der Waals surface area contributed by atoms with Crippen molar-refractivity contribution in [1.82, 2.24) is 0 Å². The zero-order chi connectivity index (χ0) is 98.2. The molecule has 0 saturated carbocycles. The largest absolute Gasteiger partial charge is 1.00 e. The van der Waals surface area contributed by atoms with Gasteiger partial charge >= 0.3 is 0 Å². The summed E-state index contributed by atoms with van der Waals surface area (Å²) in [5.74, 6) is 29.7. The smallest absolute Gasteiger partial charge is 0.211 e. The third-order valence-corrected chi connectivity index (χ3v) is 30.9. The average Bonchev–Trinajstić information content (AvgIpc) is 1.60. The molecule has 3 rings (SSSR count). The van der Waals surface area contributed by atoms with Crippen molar-refractivity contribution >= 4 is 11.4 Å². The number of rotatable bonds is 104. The van der Waals surface area contributed by atoms with Gasteiger partial charge in [0, 0.05) is 86.7 Å². The summed E-state index contributed by atoms with van der Waals surface area (Å²) in [7, 11) is 0. The van der Waals surface area contributed by atoms with Crippen LogP contribution in [0.25, 0.3) is 16.9 Å². The van der Waals surface area contributed by atoms with E-state index in [1.165, 1.54) is 608 Å². The van der Waals surface area contributed by atoms with Gasteiger partial charge in [0.15, 0.2) is 0 Å². The standard InChI is InChI=1S/C136H236N2.Ni.2H/c1-7-13-19-24-29-33-37-41-45-49-53-57-61-65-69-73-77-81-85-89-93-97-101-105-110-115-127-121-128(116-111-106-102-98-94-90-86-82-78-74-70-66-62-58-54-50-46-42-38-34-30-25-20-14-8-2)124-131(123-127)135-133(119-18-12-6)134(120-114-109-28-23-17-11-5)136(138(135)137)132-125-129(117-112-107-103-99-95-91-87-83-79-75-71-67-63-59-55-51-47-43-39-35-31-26-21-15-9-3)122-130(126-132)118-113-108-104-100-96-92-88-84-80-76-72-68-64-60-56-52-48-44-40-36-32-27-22-16-10-4;;;/h121-126H,7-109,114,119-120H2,1-6H3;;;/q;;2*-1. The normalized spacial score (nSPS) is 11.9. The summed E-state index contributed by atoms with van der Waals surface area (Å²) in [4.78, 5) is 0. The quantitative estimate of drug-likeness (QED) is 0.0273. The van der Waals surface area contributed by atoms with Gasteiger partial charge in [0.05, 0.1) is 0 Å². The molecule has 0 spiro atoms. The molecule has 0 aromatic heterocycles. The molecule has 2 aromatic rings. The molecule has 0 radical (unpaired) electrons. The van der Waals surface area contributed by atoms with Crippen LogP contribution >= 0.6 is 0 Å². The SMILES string of the molecule is CCCCCCCCCCCCCCCCCCCCCCCCCC#Cc1cc(C#CCCCCCCCCCCCCCCCCCCCCCCCCC)cc(C2=C(CCCC)C(CCCCCCCC)=C(c3cc(C#CCCCCCCCCCCCCCCCCCCCCCCCCC)cc(C#CCCCCCCCCCCCCCCCCCCCCCCCCC)c3)[N+]2=[N-])c1.[H-].[H-].[Ni]. The van der Waals surface area contributed by atoms with Crippen molar-refractivity contribution in [3.8, 4) is 47.4 Å². The van der Waals surface area contributed by atoms with E-state index < -0.39 is 0 Å². The maximum atomic E-state index is 13.5. The van der Waals surface area contributed by atoms with Gasteiger partial charge in [-0.3, -0.25) is 0 Å². The van der Waals surface area contributed by atoms with Crippen molar-refractivity contribution in [3.05, 3.63) is 86.5 Å². The van der Waals surface area contributed by atoms with Crippen molar-refractivity contribution in [2.45, 2.75) is 722 Å². The molecule has 139 heavy (non-hydrogen) atoms. The van der Waals surface area contributed by atoms with E-state index in [-0.39, 0.29) is 19.3 Å². The third-order valence-electron chi connectivity index (χ3n) is 30.9. The fourth-order valence-electron chi connectivity index (χ4n) is 21.7. The Morgan fingerprint density at radius 1 is 0.165 bits per heavy atom. The second-order valence-corrected chi connectivity index (χ2v) is 44.5. The van der Waals surface area contributed by atoms with Crippen LogP contribution in [0.3, 0.4) is 0 Å². The molecule has 2 aromatic carbocycles. The molecule has 804 valence electrons. The molecule has 1 heterocycles. The first kappa shape index (κ1) is 131. The summed E-state index contributed by atoms with van der Waals surface area (Å²) < 4.78 is 1.63. The Kier molecular flexibility index (Phi) is 101. The number of nitrogens with zero attached hydrogens (tertiary/aromatic N) is 2. The van der Waals surface area contributed by atoms with Crippen LogP contribution in [0.4, 0.5) is 0 Å². The van der Waals surface area contributed by atoms with E-state index in [0.717, 1.165) is 128 Å². The first-order chi connectivity index (χ1) is 68.5. The van der Waals surface area contributed by atoms with Gasteiger partial charge in [-0.05, 0) is 87.8 Å². The van der Waals surface area contributed by atoms with E-state index in [4.69, 9.17) is 0 Å². The van der Waals surface area contributed by atoms with E-state index >= 15 is 0 Å². The van der Waals surface area contributed by atoms with Crippen molar-refractivity contribution in [3.63, 3.8) is 0 Å². The molecule has 0 N–H and O–H groups in total. The van der Waals surface area contributed by atoms with Crippen LogP contribution in [0.5, 0.6) is 0 Å². The van der Waals surface area contributed by atoms with E-state index in [0.29, 0.717) is 0 Å². The van der Waals surface area contributed by atoms with Crippen LogP contribution < -0.4 is 0 Å². The molecule has 0 saturated heterocycles. The second kappa shape index (κ2) is 107. The number of allylic oxidation sites excluding steroid dienone is 2. The van der Waals surface area contributed by atoms with Gasteiger partial charge in [-0.25, -0.2) is 4.70 Å². The maximum absolute atomic E-state index is 13.5. The Morgan fingerprint density at radius 2 is 0.288 bits per heavy atom. The van der Waals surface area contributed by atoms with E-state index in [1.807, 2.05) is 0 Å². The molecule has 0 bridgehead atoms. The monoisotopic (exact) mass is 1960 g/mol. The van der Waals surface area contributed by atoms with E-state index in [9.17, 15) is 5.53 Å². The maximum Gasteiger partial charge on any atom is 0.211 e. The Labute approximate surface area is 885 Å². The minimum Gasteiger partial charge on any atom is -1.00 e. The van der Waals surface area contributed by atoms with Crippen LogP contribution in [0, 0.1) is 47.4 Å². The Hall–Kier alpha value is -3.75. The Morgan fingerprint density at radius 3 is 0.432 bits per heavy atom. The Bertz CT molecular complexity index is 3170. The zero-order valence-electron chi connectivity index (χ0n) is 96.6. The first-order valence-electron chi connectivity index (χ1n) is 63.7. The van der Waals surface area contributed by atoms with Crippen LogP contribution in [0.15, 0.2) is 47.5 Å². The van der Waals surface area contributed by atoms with Crippen LogP contribution in [-0.2, 0) is 16.5 Å². The summed E-state index contributed by atoms with van der Waals surface area (Å²) in [6, 6.07) is 13.7. The first-order valence-corrected chi connectivity index (χ1v) is 63.7. The van der Waals surface area contributed by atoms with Gasteiger partial charge in [-0.2, -0.15) is 0 Å². The molecular weight excluding hydrogens is 1720 g/mol. The van der Waals surface area contributed by atoms with Gasteiger partial charge in [0.2, 0.25) is 11.4 Å². The molecule has 3 heteroatoms. The fourth-order valence-corrected chi connectivity index (χ4v) is 21.7. The van der Waals surface area contributed by atoms with E-state index in [2.05, 4.69) is 125 Å². The van der Waals surface area contributed by atoms with Gasteiger partial charge in [-0.1, -0.05) is 692 Å². The van der Waals surface area contributed by atoms with Gasteiger partial charge in [-0.15, -0.1) is 0 Å². The Balaban J connectivity index is 0.0000653. The molecule has 0 unspecified atom stereocenters. The topological polar surface area (TPSA) is 25.3 Å². The van der Waals surface area contributed by atoms with E-state index in [1.54, 1.807) is 4.70 Å². The molecule has 0 amide bonds. The molecule has 0 aliphatic carbocycles. The van der Waals surface area contributed by atoms with Crippen molar-refractivity contribution < 1.29 is 24.0 Å². The van der Waals surface area contributed by atoms with Gasteiger partial charge < -0.3 is 8.38 Å². The summed E-state index contributed by atoms with van der Waals surface area (Å²) in [5.41, 5.74) is 24.1. The number of hydrogen-bond acceptors (Lipinski definition) is 0. The minimum atomic E-state index is 0. The number of hydrogen-bond donors (Lipinski definition) is 0. The van der Waals surface area contributed by atoms with Crippen molar-refractivity contribution in [2.75, 3.05) is 0 Å². The number of unbranched alkanes of at least 4 members (excludes halogenated alkanes) is 98. The molecule has 2 nitrogen and oxygen atoms in total. The molecular formula is C136H238N2Ni-2. The molecule has 1 aliphatic rings. The van der Waals surface area contributed by atoms with Crippen molar-refractivity contribution in [2.24, 2.45) is 0 Å².